The summed E-state index contributed by atoms with van der Waals surface area (Å²) in [6.07, 6.45) is 7.07. The number of rotatable bonds is 8. The molecule has 2 rings (SSSR count). The van der Waals surface area contributed by atoms with E-state index in [0.717, 1.165) is 24.4 Å². The first-order valence-electron chi connectivity index (χ1n) is 6.96. The van der Waals surface area contributed by atoms with E-state index >= 15 is 0 Å². The van der Waals surface area contributed by atoms with Crippen LogP contribution in [0.2, 0.25) is 5.28 Å². The molecule has 1 heterocycles. The second-order valence-electron chi connectivity index (χ2n) is 4.72. The second-order valence-corrected chi connectivity index (χ2v) is 6.04. The van der Waals surface area contributed by atoms with Crippen molar-refractivity contribution in [2.24, 2.45) is 0 Å². The Labute approximate surface area is 129 Å². The van der Waals surface area contributed by atoms with Crippen molar-refractivity contribution in [2.75, 3.05) is 12.0 Å². The quantitative estimate of drug-likeness (QED) is 0.672. The minimum Gasteiger partial charge on any atom is -0.298 e. The van der Waals surface area contributed by atoms with Gasteiger partial charge in [0.1, 0.15) is 0 Å². The Bertz CT molecular complexity index is 513. The maximum atomic E-state index is 6.14. The average Bonchev–Trinajstić information content (AvgIpc) is 2.85. The first-order valence-corrected chi connectivity index (χ1v) is 8.73. The molecule has 0 N–H and O–H groups in total. The van der Waals surface area contributed by atoms with Crippen molar-refractivity contribution < 1.29 is 0 Å². The van der Waals surface area contributed by atoms with E-state index in [2.05, 4.69) is 16.5 Å². The number of unbranched alkanes of at least 4 members (excludes halogenated alkanes) is 3. The molecule has 1 aromatic carbocycles. The molecular formula is C15H20ClN3S. The lowest BCUT2D eigenvalue weighted by Gasteiger charge is -2.07. The van der Waals surface area contributed by atoms with E-state index in [1.807, 2.05) is 46.7 Å². The zero-order valence-electron chi connectivity index (χ0n) is 11.8. The van der Waals surface area contributed by atoms with Crippen molar-refractivity contribution in [2.45, 2.75) is 32.2 Å². The number of aromatic nitrogens is 3. The fraction of sp³-hybridized carbons (Fsp3) is 0.467. The van der Waals surface area contributed by atoms with Gasteiger partial charge in [0, 0.05) is 12.1 Å². The van der Waals surface area contributed by atoms with E-state index in [9.17, 15) is 0 Å². The van der Waals surface area contributed by atoms with Gasteiger partial charge in [-0.3, -0.25) is 4.57 Å². The van der Waals surface area contributed by atoms with Crippen LogP contribution in [0.15, 0.2) is 30.3 Å². The first kappa shape index (κ1) is 15.4. The summed E-state index contributed by atoms with van der Waals surface area (Å²) in [7, 11) is 0. The van der Waals surface area contributed by atoms with E-state index < -0.39 is 0 Å². The Hall–Kier alpha value is -1.00. The first-order chi connectivity index (χ1) is 9.83. The third-order valence-corrected chi connectivity index (χ3v) is 4.19. The predicted octanol–water partition coefficient (Wildman–Crippen LogP) is 4.52. The minimum atomic E-state index is 0.480. The molecule has 0 aliphatic rings. The van der Waals surface area contributed by atoms with Crippen molar-refractivity contribution in [1.82, 2.24) is 14.8 Å². The molecule has 0 atom stereocenters. The summed E-state index contributed by atoms with van der Waals surface area (Å²) in [4.78, 5) is 0. The molecule has 0 fully saturated rings. The maximum Gasteiger partial charge on any atom is 0.225 e. The third kappa shape index (κ3) is 4.25. The lowest BCUT2D eigenvalue weighted by atomic mass is 10.2. The Morgan fingerprint density at radius 3 is 2.55 bits per heavy atom. The Kier molecular flexibility index (Phi) is 6.40. The molecule has 0 amide bonds. The van der Waals surface area contributed by atoms with Gasteiger partial charge in [-0.25, -0.2) is 0 Å². The number of benzene rings is 1. The second kappa shape index (κ2) is 8.32. The molecule has 0 spiro atoms. The van der Waals surface area contributed by atoms with Gasteiger partial charge in [0.15, 0.2) is 5.82 Å². The van der Waals surface area contributed by atoms with E-state index in [0.29, 0.717) is 5.28 Å². The molecule has 3 nitrogen and oxygen atoms in total. The fourth-order valence-electron chi connectivity index (χ4n) is 2.15. The summed E-state index contributed by atoms with van der Waals surface area (Å²) in [5.74, 6) is 2.11. The number of thioether (sulfide) groups is 1. The standard InChI is InChI=1S/C15H20ClN3S/c1-20-12-8-3-2-7-11-19-14(17-18-15(19)16)13-9-5-4-6-10-13/h4-6,9-10H,2-3,7-8,11-12H2,1H3. The minimum absolute atomic E-state index is 0.480. The Morgan fingerprint density at radius 2 is 1.80 bits per heavy atom. The molecular weight excluding hydrogens is 290 g/mol. The summed E-state index contributed by atoms with van der Waals surface area (Å²) < 4.78 is 2.01. The molecule has 0 aliphatic heterocycles. The maximum absolute atomic E-state index is 6.14. The topological polar surface area (TPSA) is 30.7 Å². The monoisotopic (exact) mass is 309 g/mol. The van der Waals surface area contributed by atoms with Crippen LogP contribution in [0.25, 0.3) is 11.4 Å². The van der Waals surface area contributed by atoms with Gasteiger partial charge in [-0.1, -0.05) is 43.2 Å². The Balaban J connectivity index is 1.93. The van der Waals surface area contributed by atoms with Crippen molar-refractivity contribution in [3.8, 4) is 11.4 Å². The lowest BCUT2D eigenvalue weighted by Crippen LogP contribution is -2.01. The van der Waals surface area contributed by atoms with Crippen LogP contribution >= 0.6 is 23.4 Å². The van der Waals surface area contributed by atoms with E-state index in [1.54, 1.807) is 0 Å². The average molecular weight is 310 g/mol. The molecule has 5 heteroatoms. The summed E-state index contributed by atoms with van der Waals surface area (Å²) in [6, 6.07) is 10.1. The molecule has 2 aromatic rings. The molecule has 0 saturated heterocycles. The van der Waals surface area contributed by atoms with Crippen LogP contribution < -0.4 is 0 Å². The third-order valence-electron chi connectivity index (χ3n) is 3.22. The van der Waals surface area contributed by atoms with Gasteiger partial charge < -0.3 is 0 Å². The Morgan fingerprint density at radius 1 is 1.05 bits per heavy atom. The summed E-state index contributed by atoms with van der Waals surface area (Å²) in [5.41, 5.74) is 1.06. The van der Waals surface area contributed by atoms with Crippen molar-refractivity contribution in [3.63, 3.8) is 0 Å². The van der Waals surface area contributed by atoms with Gasteiger partial charge in [-0.15, -0.1) is 10.2 Å². The largest absolute Gasteiger partial charge is 0.298 e. The SMILES string of the molecule is CSCCCCCCn1c(Cl)nnc1-c1ccccc1. The molecule has 0 radical (unpaired) electrons. The van der Waals surface area contributed by atoms with E-state index in [1.165, 1.54) is 25.0 Å². The number of hydrogen-bond acceptors (Lipinski definition) is 3. The van der Waals surface area contributed by atoms with Gasteiger partial charge in [-0.2, -0.15) is 11.8 Å². The van der Waals surface area contributed by atoms with Crippen LogP contribution in [0, 0.1) is 0 Å². The van der Waals surface area contributed by atoms with Gasteiger partial charge in [-0.05, 0) is 36.5 Å². The van der Waals surface area contributed by atoms with Crippen LogP contribution in [0.1, 0.15) is 25.7 Å². The van der Waals surface area contributed by atoms with E-state index in [4.69, 9.17) is 11.6 Å². The van der Waals surface area contributed by atoms with Crippen LogP contribution in [-0.2, 0) is 6.54 Å². The van der Waals surface area contributed by atoms with Crippen LogP contribution in [0.4, 0.5) is 0 Å². The highest BCUT2D eigenvalue weighted by molar-refractivity contribution is 7.98. The number of hydrogen-bond donors (Lipinski definition) is 0. The number of halogens is 1. The van der Waals surface area contributed by atoms with Gasteiger partial charge in [0.2, 0.25) is 5.28 Å². The lowest BCUT2D eigenvalue weighted by molar-refractivity contribution is 0.586. The molecule has 20 heavy (non-hydrogen) atoms. The fourth-order valence-corrected chi connectivity index (χ4v) is 2.85. The molecule has 0 saturated carbocycles. The highest BCUT2D eigenvalue weighted by Crippen LogP contribution is 2.21. The summed E-state index contributed by atoms with van der Waals surface area (Å²) in [6.45, 7) is 0.884. The zero-order valence-corrected chi connectivity index (χ0v) is 13.3. The summed E-state index contributed by atoms with van der Waals surface area (Å²) >= 11 is 8.06. The molecule has 0 bridgehead atoms. The summed E-state index contributed by atoms with van der Waals surface area (Å²) in [5, 5.41) is 8.67. The predicted molar refractivity (Wildman–Crippen MR) is 87.3 cm³/mol. The van der Waals surface area contributed by atoms with Gasteiger partial charge in [0.25, 0.3) is 0 Å². The van der Waals surface area contributed by atoms with Gasteiger partial charge in [0.05, 0.1) is 0 Å². The highest BCUT2D eigenvalue weighted by Gasteiger charge is 2.11. The molecule has 108 valence electrons. The van der Waals surface area contributed by atoms with Crippen molar-refractivity contribution >= 4 is 23.4 Å². The van der Waals surface area contributed by atoms with Crippen molar-refractivity contribution in [1.29, 1.82) is 0 Å². The van der Waals surface area contributed by atoms with Gasteiger partial charge >= 0.3 is 0 Å². The highest BCUT2D eigenvalue weighted by atomic mass is 35.5. The number of nitrogens with zero attached hydrogens (tertiary/aromatic N) is 3. The molecule has 0 unspecified atom stereocenters. The van der Waals surface area contributed by atoms with Crippen molar-refractivity contribution in [3.05, 3.63) is 35.6 Å². The van der Waals surface area contributed by atoms with Crippen LogP contribution in [-0.4, -0.2) is 26.8 Å². The van der Waals surface area contributed by atoms with Crippen LogP contribution in [0.3, 0.4) is 0 Å². The molecule has 1 aromatic heterocycles. The zero-order chi connectivity index (χ0) is 14.2. The normalized spacial score (nSPS) is 10.9. The smallest absolute Gasteiger partial charge is 0.225 e. The van der Waals surface area contributed by atoms with E-state index in [-0.39, 0.29) is 0 Å². The molecule has 0 aliphatic carbocycles. The van der Waals surface area contributed by atoms with Crippen LogP contribution in [0.5, 0.6) is 0 Å².